The van der Waals surface area contributed by atoms with Gasteiger partial charge in [-0.25, -0.2) is 0 Å². The molecule has 0 bridgehead atoms. The number of carbonyl (C=O) groups excluding carboxylic acids is 2. The van der Waals surface area contributed by atoms with Gasteiger partial charge in [0.2, 0.25) is 11.8 Å². The van der Waals surface area contributed by atoms with Gasteiger partial charge in [0, 0.05) is 11.2 Å². The van der Waals surface area contributed by atoms with Gasteiger partial charge in [-0.1, -0.05) is 0 Å². The minimum atomic E-state index is -4.42. The van der Waals surface area contributed by atoms with Crippen molar-refractivity contribution in [1.29, 1.82) is 0 Å². The zero-order valence-corrected chi connectivity index (χ0v) is 13.2. The van der Waals surface area contributed by atoms with Crippen LogP contribution in [0.4, 0.5) is 18.9 Å². The van der Waals surface area contributed by atoms with Gasteiger partial charge in [0.1, 0.15) is 5.41 Å². The molecule has 2 rings (SSSR count). The van der Waals surface area contributed by atoms with E-state index in [2.05, 4.69) is 10.6 Å². The van der Waals surface area contributed by atoms with E-state index < -0.39 is 28.6 Å². The normalized spacial score (nSPS) is 16.6. The van der Waals surface area contributed by atoms with Crippen LogP contribution in [-0.4, -0.2) is 17.4 Å². The Bertz CT molecular complexity index is 612. The molecule has 0 heterocycles. The summed E-state index contributed by atoms with van der Waals surface area (Å²) in [6, 6.07) is 4.14. The summed E-state index contributed by atoms with van der Waals surface area (Å²) in [6.07, 6.45) is -3.56. The lowest BCUT2D eigenvalue weighted by Crippen LogP contribution is -2.48. The number of carbonyl (C=O) groups is 2. The largest absolute Gasteiger partial charge is 0.416 e. The van der Waals surface area contributed by atoms with E-state index in [-0.39, 0.29) is 11.6 Å². The summed E-state index contributed by atoms with van der Waals surface area (Å²) in [6.45, 7) is 5.44. The fraction of sp³-hybridized carbons (Fsp3) is 0.500. The van der Waals surface area contributed by atoms with Crippen LogP contribution in [0, 0.1) is 5.41 Å². The number of amides is 2. The van der Waals surface area contributed by atoms with Gasteiger partial charge in [-0.3, -0.25) is 9.59 Å². The van der Waals surface area contributed by atoms with Crippen molar-refractivity contribution in [2.75, 3.05) is 5.32 Å². The molecule has 7 heteroatoms. The molecule has 1 aromatic rings. The van der Waals surface area contributed by atoms with E-state index >= 15 is 0 Å². The second-order valence-corrected chi connectivity index (χ2v) is 6.82. The number of nitrogens with one attached hydrogen (secondary N) is 2. The third-order valence-corrected chi connectivity index (χ3v) is 3.58. The Morgan fingerprint density at radius 1 is 1.00 bits per heavy atom. The Morgan fingerprint density at radius 3 is 1.91 bits per heavy atom. The Hall–Kier alpha value is -2.05. The molecule has 2 N–H and O–H groups in total. The van der Waals surface area contributed by atoms with Crippen molar-refractivity contribution in [2.24, 2.45) is 5.41 Å². The van der Waals surface area contributed by atoms with Crippen LogP contribution in [0.3, 0.4) is 0 Å². The number of hydrogen-bond donors (Lipinski definition) is 2. The zero-order chi connectivity index (χ0) is 17.5. The van der Waals surface area contributed by atoms with Gasteiger partial charge in [-0.15, -0.1) is 0 Å². The SMILES string of the molecule is CC(C)(C)NC(=O)C1(C(=O)Nc2ccc(C(F)(F)F)cc2)CC1. The highest BCUT2D eigenvalue weighted by atomic mass is 19.4. The van der Waals surface area contributed by atoms with E-state index in [1.807, 2.05) is 20.8 Å². The molecule has 4 nitrogen and oxygen atoms in total. The molecule has 1 aliphatic rings. The Kier molecular flexibility index (Phi) is 4.17. The highest BCUT2D eigenvalue weighted by molar-refractivity contribution is 6.13. The molecule has 1 fully saturated rings. The summed E-state index contributed by atoms with van der Waals surface area (Å²) in [5, 5.41) is 5.29. The quantitative estimate of drug-likeness (QED) is 0.836. The first-order chi connectivity index (χ1) is 10.4. The van der Waals surface area contributed by atoms with E-state index in [1.54, 1.807) is 0 Å². The number of alkyl halides is 3. The van der Waals surface area contributed by atoms with Crippen molar-refractivity contribution >= 4 is 17.5 Å². The van der Waals surface area contributed by atoms with Gasteiger partial charge in [0.25, 0.3) is 0 Å². The third-order valence-electron chi connectivity index (χ3n) is 3.58. The van der Waals surface area contributed by atoms with E-state index in [0.29, 0.717) is 12.8 Å². The molecule has 0 radical (unpaired) electrons. The van der Waals surface area contributed by atoms with Gasteiger partial charge in [-0.2, -0.15) is 13.2 Å². The molecular weight excluding hydrogens is 309 g/mol. The summed E-state index contributed by atoms with van der Waals surface area (Å²) in [5.41, 5.74) is -2.13. The minimum absolute atomic E-state index is 0.234. The zero-order valence-electron chi connectivity index (χ0n) is 13.2. The monoisotopic (exact) mass is 328 g/mol. The fourth-order valence-electron chi connectivity index (χ4n) is 2.14. The number of hydrogen-bond acceptors (Lipinski definition) is 2. The number of rotatable bonds is 3. The summed E-state index contributed by atoms with van der Waals surface area (Å²) in [5.74, 6) is -0.839. The van der Waals surface area contributed by atoms with Gasteiger partial charge in [0.05, 0.1) is 5.56 Å². The summed E-state index contributed by atoms with van der Waals surface area (Å²) in [4.78, 5) is 24.6. The highest BCUT2D eigenvalue weighted by Crippen LogP contribution is 2.47. The number of anilines is 1. The molecule has 1 aromatic carbocycles. The molecule has 23 heavy (non-hydrogen) atoms. The lowest BCUT2D eigenvalue weighted by Gasteiger charge is -2.24. The lowest BCUT2D eigenvalue weighted by molar-refractivity contribution is -0.137. The van der Waals surface area contributed by atoms with Crippen molar-refractivity contribution in [3.63, 3.8) is 0 Å². The maximum atomic E-state index is 12.5. The number of halogens is 3. The van der Waals surface area contributed by atoms with Crippen LogP contribution in [0.5, 0.6) is 0 Å². The highest BCUT2D eigenvalue weighted by Gasteiger charge is 2.57. The van der Waals surface area contributed by atoms with Crippen LogP contribution in [0.1, 0.15) is 39.2 Å². The molecule has 0 saturated heterocycles. The van der Waals surface area contributed by atoms with Crippen LogP contribution in [0.25, 0.3) is 0 Å². The topological polar surface area (TPSA) is 58.2 Å². The lowest BCUT2D eigenvalue weighted by atomic mass is 10.0. The standard InChI is InChI=1S/C16H19F3N2O2/c1-14(2,3)21-13(23)15(8-9-15)12(22)20-11-6-4-10(5-7-11)16(17,18)19/h4-7H,8-9H2,1-3H3,(H,20,22)(H,21,23). The first-order valence-electron chi connectivity index (χ1n) is 7.25. The van der Waals surface area contributed by atoms with Crippen molar-refractivity contribution in [3.8, 4) is 0 Å². The maximum Gasteiger partial charge on any atom is 0.416 e. The Morgan fingerprint density at radius 2 is 1.52 bits per heavy atom. The van der Waals surface area contributed by atoms with Crippen LogP contribution in [0.15, 0.2) is 24.3 Å². The smallest absolute Gasteiger partial charge is 0.351 e. The van der Waals surface area contributed by atoms with Crippen molar-refractivity contribution in [2.45, 2.75) is 45.3 Å². The van der Waals surface area contributed by atoms with Gasteiger partial charge < -0.3 is 10.6 Å². The molecule has 0 atom stereocenters. The van der Waals surface area contributed by atoms with Crippen LogP contribution < -0.4 is 10.6 Å². The molecule has 126 valence electrons. The van der Waals surface area contributed by atoms with Crippen molar-refractivity contribution in [3.05, 3.63) is 29.8 Å². The summed E-state index contributed by atoms with van der Waals surface area (Å²) in [7, 11) is 0. The third kappa shape index (κ3) is 4.03. The molecule has 0 aliphatic heterocycles. The minimum Gasteiger partial charge on any atom is -0.351 e. The van der Waals surface area contributed by atoms with E-state index in [4.69, 9.17) is 0 Å². The van der Waals surface area contributed by atoms with Crippen LogP contribution in [-0.2, 0) is 15.8 Å². The summed E-state index contributed by atoms with van der Waals surface area (Å²) < 4.78 is 37.5. The molecular formula is C16H19F3N2O2. The van der Waals surface area contributed by atoms with Crippen molar-refractivity contribution in [1.82, 2.24) is 5.32 Å². The van der Waals surface area contributed by atoms with E-state index in [1.165, 1.54) is 12.1 Å². The molecule has 0 spiro atoms. The Labute approximate surface area is 132 Å². The summed E-state index contributed by atoms with van der Waals surface area (Å²) >= 11 is 0. The van der Waals surface area contributed by atoms with E-state index in [0.717, 1.165) is 12.1 Å². The van der Waals surface area contributed by atoms with Crippen LogP contribution >= 0.6 is 0 Å². The second kappa shape index (κ2) is 5.54. The molecule has 2 amide bonds. The van der Waals surface area contributed by atoms with Crippen LogP contribution in [0.2, 0.25) is 0 Å². The predicted molar refractivity (Wildman–Crippen MR) is 79.6 cm³/mol. The molecule has 0 aromatic heterocycles. The maximum absolute atomic E-state index is 12.5. The fourth-order valence-corrected chi connectivity index (χ4v) is 2.14. The van der Waals surface area contributed by atoms with E-state index in [9.17, 15) is 22.8 Å². The predicted octanol–water partition coefficient (Wildman–Crippen LogP) is 3.34. The first kappa shape index (κ1) is 17.3. The molecule has 1 saturated carbocycles. The second-order valence-electron chi connectivity index (χ2n) is 6.82. The van der Waals surface area contributed by atoms with Crippen molar-refractivity contribution < 1.29 is 22.8 Å². The number of benzene rings is 1. The molecule has 0 unspecified atom stereocenters. The molecule has 1 aliphatic carbocycles. The van der Waals surface area contributed by atoms with Gasteiger partial charge >= 0.3 is 6.18 Å². The van der Waals surface area contributed by atoms with Gasteiger partial charge in [0.15, 0.2) is 0 Å². The van der Waals surface area contributed by atoms with Gasteiger partial charge in [-0.05, 0) is 57.9 Å². The first-order valence-corrected chi connectivity index (χ1v) is 7.25. The average molecular weight is 328 g/mol. The Balaban J connectivity index is 2.06. The average Bonchev–Trinajstić information content (AvgIpc) is 3.17.